The van der Waals surface area contributed by atoms with Gasteiger partial charge in [-0.25, -0.2) is 0 Å². The van der Waals surface area contributed by atoms with E-state index in [1.807, 2.05) is 0 Å². The largest absolute Gasteiger partial charge is 0.481 e. The molecule has 0 aliphatic rings. The Hall–Kier alpha value is -2.77. The van der Waals surface area contributed by atoms with Crippen LogP contribution in [-0.2, 0) is 11.2 Å². The summed E-state index contributed by atoms with van der Waals surface area (Å²) in [4.78, 5) is 20.8. The first-order chi connectivity index (χ1) is 9.95. The molecule has 8 heteroatoms. The average molecular weight is 291 g/mol. The van der Waals surface area contributed by atoms with Crippen LogP contribution in [0.4, 0.5) is 5.69 Å². The van der Waals surface area contributed by atoms with Crippen molar-refractivity contribution in [3.05, 3.63) is 39.8 Å². The molecular formula is C13H13N3O5. The van der Waals surface area contributed by atoms with E-state index in [2.05, 4.69) is 10.2 Å². The van der Waals surface area contributed by atoms with Crippen LogP contribution in [0.1, 0.15) is 24.3 Å². The van der Waals surface area contributed by atoms with Gasteiger partial charge >= 0.3 is 5.97 Å². The molecular weight excluding hydrogens is 278 g/mol. The van der Waals surface area contributed by atoms with Crippen LogP contribution in [-0.4, -0.2) is 26.2 Å². The molecule has 2 rings (SSSR count). The first kappa shape index (κ1) is 14.6. The van der Waals surface area contributed by atoms with Crippen molar-refractivity contribution in [2.45, 2.75) is 26.2 Å². The van der Waals surface area contributed by atoms with Crippen molar-refractivity contribution in [1.29, 1.82) is 0 Å². The summed E-state index contributed by atoms with van der Waals surface area (Å²) in [5.74, 6) is -0.383. The molecule has 0 bridgehead atoms. The maximum absolute atomic E-state index is 10.8. The highest BCUT2D eigenvalue weighted by atomic mass is 16.6. The van der Waals surface area contributed by atoms with Crippen molar-refractivity contribution in [2.75, 3.05) is 0 Å². The molecule has 110 valence electrons. The second kappa shape index (κ2) is 6.12. The quantitative estimate of drug-likeness (QED) is 0.640. The molecule has 1 N–H and O–H groups in total. The zero-order valence-corrected chi connectivity index (χ0v) is 11.3. The maximum atomic E-state index is 10.8. The Morgan fingerprint density at radius 2 is 2.14 bits per heavy atom. The molecule has 1 aromatic heterocycles. The van der Waals surface area contributed by atoms with Gasteiger partial charge in [-0.1, -0.05) is 0 Å². The molecule has 21 heavy (non-hydrogen) atoms. The van der Waals surface area contributed by atoms with E-state index >= 15 is 0 Å². The predicted octanol–water partition coefficient (Wildman–Crippen LogP) is 2.36. The molecule has 0 spiro atoms. The molecule has 0 aliphatic heterocycles. The van der Waals surface area contributed by atoms with Crippen LogP contribution in [0.2, 0.25) is 0 Å². The number of rotatable bonds is 6. The third kappa shape index (κ3) is 3.85. The summed E-state index contributed by atoms with van der Waals surface area (Å²) in [7, 11) is 0. The van der Waals surface area contributed by atoms with Crippen LogP contribution in [0.3, 0.4) is 0 Å². The number of carboxylic acids is 1. The van der Waals surface area contributed by atoms with E-state index < -0.39 is 10.9 Å². The number of carbonyl (C=O) groups is 1. The standard InChI is InChI=1S/C13H13N3O5/c1-8-5-9(7-10(6-8)16(19)20)13-15-14-11(21-13)3-2-4-12(17)18/h5-7H,2-4H2,1H3,(H,17,18). The van der Waals surface area contributed by atoms with Crippen LogP contribution < -0.4 is 0 Å². The number of nitro benzene ring substituents is 1. The minimum absolute atomic E-state index is 0.0215. The molecule has 0 amide bonds. The number of benzene rings is 1. The summed E-state index contributed by atoms with van der Waals surface area (Å²) >= 11 is 0. The smallest absolute Gasteiger partial charge is 0.303 e. The molecule has 1 aromatic carbocycles. The Kier molecular flexibility index (Phi) is 4.27. The highest BCUT2D eigenvalue weighted by molar-refractivity contribution is 5.66. The van der Waals surface area contributed by atoms with E-state index in [0.717, 1.165) is 0 Å². The Morgan fingerprint density at radius 3 is 2.81 bits per heavy atom. The fraction of sp³-hybridized carbons (Fsp3) is 0.308. The van der Waals surface area contributed by atoms with Crippen molar-refractivity contribution in [2.24, 2.45) is 0 Å². The highest BCUT2D eigenvalue weighted by Crippen LogP contribution is 2.25. The number of carboxylic acid groups (broad SMARTS) is 1. The third-order valence-corrected chi connectivity index (χ3v) is 2.77. The second-order valence-corrected chi connectivity index (χ2v) is 4.56. The lowest BCUT2D eigenvalue weighted by Crippen LogP contribution is -1.95. The summed E-state index contributed by atoms with van der Waals surface area (Å²) < 4.78 is 5.40. The SMILES string of the molecule is Cc1cc(-c2nnc(CCCC(=O)O)o2)cc([N+](=O)[O-])c1. The third-order valence-electron chi connectivity index (χ3n) is 2.77. The van der Waals surface area contributed by atoms with Crippen LogP contribution in [0.5, 0.6) is 0 Å². The minimum Gasteiger partial charge on any atom is -0.481 e. The number of hydrogen-bond donors (Lipinski definition) is 1. The monoisotopic (exact) mass is 291 g/mol. The van der Waals surface area contributed by atoms with E-state index in [1.54, 1.807) is 13.0 Å². The van der Waals surface area contributed by atoms with Crippen LogP contribution in [0.25, 0.3) is 11.5 Å². The van der Waals surface area contributed by atoms with E-state index in [4.69, 9.17) is 9.52 Å². The fourth-order valence-electron chi connectivity index (χ4n) is 1.85. The summed E-state index contributed by atoms with van der Waals surface area (Å²) in [5.41, 5.74) is 1.14. The molecule has 0 saturated heterocycles. The van der Waals surface area contributed by atoms with Crippen molar-refractivity contribution >= 4 is 11.7 Å². The van der Waals surface area contributed by atoms with Gasteiger partial charge in [0.05, 0.1) is 4.92 Å². The first-order valence-electron chi connectivity index (χ1n) is 6.26. The number of hydrogen-bond acceptors (Lipinski definition) is 6. The summed E-state index contributed by atoms with van der Waals surface area (Å²) in [6, 6.07) is 4.52. The Morgan fingerprint density at radius 1 is 1.38 bits per heavy atom. The average Bonchev–Trinajstić information content (AvgIpc) is 2.86. The number of non-ortho nitro benzene ring substituents is 1. The predicted molar refractivity (Wildman–Crippen MR) is 71.7 cm³/mol. The molecule has 0 atom stereocenters. The lowest BCUT2D eigenvalue weighted by atomic mass is 10.1. The Balaban J connectivity index is 2.17. The number of aryl methyl sites for hydroxylation is 2. The van der Waals surface area contributed by atoms with Crippen molar-refractivity contribution in [3.8, 4) is 11.5 Å². The molecule has 1 heterocycles. The van der Waals surface area contributed by atoms with Crippen LogP contribution in [0, 0.1) is 17.0 Å². The van der Waals surface area contributed by atoms with E-state index in [0.29, 0.717) is 29.9 Å². The summed E-state index contributed by atoms with van der Waals surface area (Å²) in [5, 5.41) is 27.0. The van der Waals surface area contributed by atoms with Gasteiger partial charge in [0.15, 0.2) is 0 Å². The Labute approximate surface area is 119 Å². The molecule has 0 fully saturated rings. The summed E-state index contributed by atoms with van der Waals surface area (Å²) in [6.07, 6.45) is 0.770. The molecule has 2 aromatic rings. The number of nitro groups is 1. The molecule has 8 nitrogen and oxygen atoms in total. The van der Waals surface area contributed by atoms with Gasteiger partial charge in [0.2, 0.25) is 11.8 Å². The minimum atomic E-state index is -0.885. The highest BCUT2D eigenvalue weighted by Gasteiger charge is 2.14. The van der Waals surface area contributed by atoms with Crippen molar-refractivity contribution in [1.82, 2.24) is 10.2 Å². The summed E-state index contributed by atoms with van der Waals surface area (Å²) in [6.45, 7) is 1.74. The molecule has 0 saturated carbocycles. The van der Waals surface area contributed by atoms with Gasteiger partial charge in [-0.2, -0.15) is 0 Å². The van der Waals surface area contributed by atoms with Gasteiger partial charge in [0.25, 0.3) is 5.69 Å². The topological polar surface area (TPSA) is 119 Å². The molecule has 0 aliphatic carbocycles. The first-order valence-corrected chi connectivity index (χ1v) is 6.26. The molecule has 0 radical (unpaired) electrons. The second-order valence-electron chi connectivity index (χ2n) is 4.56. The lowest BCUT2D eigenvalue weighted by molar-refractivity contribution is -0.384. The normalized spacial score (nSPS) is 10.5. The Bertz CT molecular complexity index is 680. The molecule has 0 unspecified atom stereocenters. The fourth-order valence-corrected chi connectivity index (χ4v) is 1.85. The number of aromatic nitrogens is 2. The van der Waals surface area contributed by atoms with E-state index in [1.165, 1.54) is 12.1 Å². The van der Waals surface area contributed by atoms with Crippen LogP contribution in [0.15, 0.2) is 22.6 Å². The van der Waals surface area contributed by atoms with Gasteiger partial charge in [0.1, 0.15) is 0 Å². The van der Waals surface area contributed by atoms with Gasteiger partial charge in [0, 0.05) is 30.5 Å². The van der Waals surface area contributed by atoms with Crippen molar-refractivity contribution < 1.29 is 19.2 Å². The zero-order chi connectivity index (χ0) is 15.4. The van der Waals surface area contributed by atoms with E-state index in [9.17, 15) is 14.9 Å². The van der Waals surface area contributed by atoms with Gasteiger partial charge < -0.3 is 9.52 Å². The van der Waals surface area contributed by atoms with Crippen molar-refractivity contribution in [3.63, 3.8) is 0 Å². The van der Waals surface area contributed by atoms with Gasteiger partial charge in [-0.3, -0.25) is 14.9 Å². The van der Waals surface area contributed by atoms with Gasteiger partial charge in [-0.05, 0) is 25.0 Å². The lowest BCUT2D eigenvalue weighted by Gasteiger charge is -1.98. The number of nitrogens with zero attached hydrogens (tertiary/aromatic N) is 3. The van der Waals surface area contributed by atoms with Gasteiger partial charge in [-0.15, -0.1) is 10.2 Å². The number of aliphatic carboxylic acids is 1. The maximum Gasteiger partial charge on any atom is 0.303 e. The van der Waals surface area contributed by atoms with Crippen LogP contribution >= 0.6 is 0 Å². The zero-order valence-electron chi connectivity index (χ0n) is 11.3. The van der Waals surface area contributed by atoms with E-state index in [-0.39, 0.29) is 18.0 Å².